The van der Waals surface area contributed by atoms with E-state index < -0.39 is 28.5 Å². The Morgan fingerprint density at radius 1 is 1.11 bits per heavy atom. The summed E-state index contributed by atoms with van der Waals surface area (Å²) in [6.45, 7) is 1.49. The summed E-state index contributed by atoms with van der Waals surface area (Å²) >= 11 is 5.59. The number of amides is 2. The maximum atomic E-state index is 13.6. The molecular weight excluding hydrogens is 645 g/mol. The second kappa shape index (κ2) is 12.5. The van der Waals surface area contributed by atoms with Gasteiger partial charge in [0.05, 0.1) is 11.9 Å². The first kappa shape index (κ1) is 27.9. The lowest BCUT2D eigenvalue weighted by Crippen LogP contribution is -2.52. The Balaban J connectivity index is 1.86. The van der Waals surface area contributed by atoms with E-state index in [1.165, 1.54) is 11.3 Å². The van der Waals surface area contributed by atoms with Gasteiger partial charge in [-0.15, -0.1) is 0 Å². The Morgan fingerprint density at radius 2 is 1.77 bits per heavy atom. The molecule has 1 saturated carbocycles. The van der Waals surface area contributed by atoms with Gasteiger partial charge in [-0.1, -0.05) is 47.3 Å². The minimum atomic E-state index is -3.73. The predicted molar refractivity (Wildman–Crippen MR) is 151 cm³/mol. The number of nitrogens with zero attached hydrogens (tertiary/aromatic N) is 2. The minimum absolute atomic E-state index is 0.112. The van der Waals surface area contributed by atoms with Crippen molar-refractivity contribution in [3.8, 4) is 0 Å². The Morgan fingerprint density at radius 3 is 2.37 bits per heavy atom. The van der Waals surface area contributed by atoms with Gasteiger partial charge >= 0.3 is 0 Å². The summed E-state index contributed by atoms with van der Waals surface area (Å²) in [7, 11) is -3.73. The second-order valence-corrected chi connectivity index (χ2v) is 13.0. The number of anilines is 1. The highest BCUT2D eigenvalue weighted by atomic mass is 127. The molecule has 1 fully saturated rings. The monoisotopic (exact) mass is 675 g/mol. The molecule has 0 saturated heterocycles. The van der Waals surface area contributed by atoms with Crippen molar-refractivity contribution in [3.63, 3.8) is 0 Å². The fourth-order valence-electron chi connectivity index (χ4n) is 4.20. The van der Waals surface area contributed by atoms with Crippen molar-refractivity contribution in [1.82, 2.24) is 10.2 Å². The van der Waals surface area contributed by atoms with Crippen LogP contribution in [0.5, 0.6) is 0 Å². The number of carbonyl (C=O) groups is 2. The van der Waals surface area contributed by atoms with Crippen LogP contribution >= 0.6 is 38.5 Å². The number of halogens is 2. The first-order chi connectivity index (χ1) is 16.5. The molecule has 2 aromatic rings. The number of nitrogens with one attached hydrogen (secondary N) is 1. The molecule has 0 heterocycles. The fourth-order valence-corrected chi connectivity index (χ4v) is 5.86. The average Bonchev–Trinajstić information content (AvgIpc) is 2.81. The van der Waals surface area contributed by atoms with Crippen molar-refractivity contribution in [3.05, 3.63) is 62.1 Å². The van der Waals surface area contributed by atoms with Crippen molar-refractivity contribution in [2.24, 2.45) is 0 Å². The van der Waals surface area contributed by atoms with Crippen molar-refractivity contribution < 1.29 is 18.0 Å². The molecule has 1 aliphatic carbocycles. The average molecular weight is 676 g/mol. The largest absolute Gasteiger partial charge is 0.352 e. The topological polar surface area (TPSA) is 86.8 Å². The lowest BCUT2D eigenvalue weighted by atomic mass is 9.95. The third-order valence-electron chi connectivity index (χ3n) is 6.15. The molecule has 0 unspecified atom stereocenters. The summed E-state index contributed by atoms with van der Waals surface area (Å²) in [6.07, 6.45) is 6.30. The Bertz CT molecular complexity index is 1140. The molecule has 0 aliphatic heterocycles. The lowest BCUT2D eigenvalue weighted by molar-refractivity contribution is -0.139. The zero-order valence-corrected chi connectivity index (χ0v) is 24.5. The molecule has 3 rings (SSSR count). The summed E-state index contributed by atoms with van der Waals surface area (Å²) in [4.78, 5) is 28.2. The SMILES string of the molecule is C[C@@H](C(=O)NC1CCCCC1)N(Cc1cccc(Br)c1)C(=O)CN(c1ccc(I)cc1)S(C)(=O)=O. The van der Waals surface area contributed by atoms with Gasteiger partial charge in [0.2, 0.25) is 21.8 Å². The summed E-state index contributed by atoms with van der Waals surface area (Å²) < 4.78 is 28.1. The molecule has 0 aromatic heterocycles. The number of carbonyl (C=O) groups excluding carboxylic acids is 2. The molecule has 1 atom stereocenters. The predicted octanol–water partition coefficient (Wildman–Crippen LogP) is 4.69. The van der Waals surface area contributed by atoms with Crippen LogP contribution in [-0.4, -0.2) is 50.0 Å². The smallest absolute Gasteiger partial charge is 0.244 e. The Hall–Kier alpha value is -1.66. The molecule has 2 amide bonds. The number of benzene rings is 2. The highest BCUT2D eigenvalue weighted by Crippen LogP contribution is 2.22. The van der Waals surface area contributed by atoms with Crippen molar-refractivity contribution in [2.45, 2.75) is 57.7 Å². The third-order valence-corrected chi connectivity index (χ3v) is 8.51. The zero-order valence-electron chi connectivity index (χ0n) is 19.9. The van der Waals surface area contributed by atoms with Crippen LogP contribution in [0.15, 0.2) is 53.0 Å². The van der Waals surface area contributed by atoms with E-state index in [0.717, 1.165) is 49.9 Å². The summed E-state index contributed by atoms with van der Waals surface area (Å²) in [5, 5.41) is 3.10. The van der Waals surface area contributed by atoms with Gasteiger partial charge in [-0.3, -0.25) is 13.9 Å². The van der Waals surface area contributed by atoms with Crippen LogP contribution in [-0.2, 0) is 26.2 Å². The van der Waals surface area contributed by atoms with E-state index in [-0.39, 0.29) is 18.5 Å². The second-order valence-electron chi connectivity index (χ2n) is 8.92. The highest BCUT2D eigenvalue weighted by Gasteiger charge is 2.31. The molecule has 2 aromatic carbocycles. The van der Waals surface area contributed by atoms with Crippen LogP contribution < -0.4 is 9.62 Å². The molecule has 1 N–H and O–H groups in total. The number of sulfonamides is 1. The normalized spacial score (nSPS) is 15.3. The molecule has 7 nitrogen and oxygen atoms in total. The first-order valence-electron chi connectivity index (χ1n) is 11.6. The van der Waals surface area contributed by atoms with Crippen LogP contribution in [0.3, 0.4) is 0 Å². The van der Waals surface area contributed by atoms with E-state index in [2.05, 4.69) is 43.8 Å². The summed E-state index contributed by atoms with van der Waals surface area (Å²) in [5.74, 6) is -0.666. The molecule has 10 heteroatoms. The lowest BCUT2D eigenvalue weighted by Gasteiger charge is -2.33. The van der Waals surface area contributed by atoms with E-state index in [9.17, 15) is 18.0 Å². The molecule has 190 valence electrons. The van der Waals surface area contributed by atoms with Crippen molar-refractivity contribution >= 4 is 66.0 Å². The molecule has 0 spiro atoms. The number of hydrogen-bond donors (Lipinski definition) is 1. The third kappa shape index (κ3) is 8.18. The maximum Gasteiger partial charge on any atom is 0.244 e. The molecule has 0 bridgehead atoms. The van der Waals surface area contributed by atoms with E-state index in [4.69, 9.17) is 0 Å². The van der Waals surface area contributed by atoms with Gasteiger partial charge < -0.3 is 10.2 Å². The summed E-state index contributed by atoms with van der Waals surface area (Å²) in [6, 6.07) is 13.8. The van der Waals surface area contributed by atoms with Gasteiger partial charge in [0.1, 0.15) is 12.6 Å². The standard InChI is InChI=1S/C25H31BrIN3O4S/c1-18(25(32)28-22-9-4-3-5-10-22)29(16-19-7-6-8-20(26)15-19)24(31)17-30(35(2,33)34)23-13-11-21(27)12-14-23/h6-8,11-15,18,22H,3-5,9-10,16-17H2,1-2H3,(H,28,32)/t18-/m0/s1. The van der Waals surface area contributed by atoms with Gasteiger partial charge in [0.25, 0.3) is 0 Å². The van der Waals surface area contributed by atoms with Crippen LogP contribution in [0.25, 0.3) is 0 Å². The maximum absolute atomic E-state index is 13.6. The van der Waals surface area contributed by atoms with Crippen LogP contribution in [0.2, 0.25) is 0 Å². The van der Waals surface area contributed by atoms with Crippen LogP contribution in [0.4, 0.5) is 5.69 Å². The molecule has 1 aliphatic rings. The Kier molecular flexibility index (Phi) is 10.00. The Labute approximate surface area is 230 Å². The zero-order chi connectivity index (χ0) is 25.6. The number of rotatable bonds is 9. The van der Waals surface area contributed by atoms with Gasteiger partial charge in [0, 0.05) is 20.6 Å². The quantitative estimate of drug-likeness (QED) is 0.391. The van der Waals surface area contributed by atoms with Gasteiger partial charge in [-0.2, -0.15) is 0 Å². The molecule has 35 heavy (non-hydrogen) atoms. The van der Waals surface area contributed by atoms with Gasteiger partial charge in [-0.25, -0.2) is 8.42 Å². The van der Waals surface area contributed by atoms with Crippen molar-refractivity contribution in [2.75, 3.05) is 17.1 Å². The van der Waals surface area contributed by atoms with Gasteiger partial charge in [-0.05, 0) is 84.3 Å². The van der Waals surface area contributed by atoms with Crippen LogP contribution in [0, 0.1) is 3.57 Å². The van der Waals surface area contributed by atoms with E-state index in [1.54, 1.807) is 31.2 Å². The molecule has 0 radical (unpaired) electrons. The van der Waals surface area contributed by atoms with E-state index in [0.29, 0.717) is 5.69 Å². The van der Waals surface area contributed by atoms with E-state index in [1.807, 2.05) is 24.3 Å². The first-order valence-corrected chi connectivity index (χ1v) is 15.3. The minimum Gasteiger partial charge on any atom is -0.352 e. The van der Waals surface area contributed by atoms with Crippen molar-refractivity contribution in [1.29, 1.82) is 0 Å². The van der Waals surface area contributed by atoms with Crippen LogP contribution in [0.1, 0.15) is 44.6 Å². The van der Waals surface area contributed by atoms with E-state index >= 15 is 0 Å². The van der Waals surface area contributed by atoms with Gasteiger partial charge in [0.15, 0.2) is 0 Å². The molecular formula is C25H31BrIN3O4S. The fraction of sp³-hybridized carbons (Fsp3) is 0.440. The highest BCUT2D eigenvalue weighted by molar-refractivity contribution is 14.1. The number of hydrogen-bond acceptors (Lipinski definition) is 4. The summed E-state index contributed by atoms with van der Waals surface area (Å²) in [5.41, 5.74) is 1.24.